The number of nitro benzene ring substituents is 1. The monoisotopic (exact) mass is 437 g/mol. The van der Waals surface area contributed by atoms with Gasteiger partial charge in [-0.1, -0.05) is 18.2 Å². The molecule has 0 bridgehead atoms. The van der Waals surface area contributed by atoms with Gasteiger partial charge in [0.1, 0.15) is 31.4 Å². The largest absolute Gasteiger partial charge is 0.459 e. The van der Waals surface area contributed by atoms with Crippen LogP contribution in [0.25, 0.3) is 0 Å². The first kappa shape index (κ1) is 24.6. The van der Waals surface area contributed by atoms with Crippen molar-refractivity contribution in [2.75, 3.05) is 27.8 Å². The molecule has 2 rings (SSSR count). The molecule has 3 atom stereocenters. The number of carbonyl (C=O) groups excluding carboxylic acids is 2. The van der Waals surface area contributed by atoms with Crippen LogP contribution in [-0.2, 0) is 28.5 Å². The van der Waals surface area contributed by atoms with E-state index in [4.69, 9.17) is 23.7 Å². The number of nitro groups is 1. The predicted octanol–water partition coefficient (Wildman–Crippen LogP) is 2.80. The Morgan fingerprint density at radius 2 is 1.81 bits per heavy atom. The highest BCUT2D eigenvalue weighted by Gasteiger charge is 2.31. The Morgan fingerprint density at radius 1 is 1.10 bits per heavy atom. The van der Waals surface area contributed by atoms with Gasteiger partial charge in [0.2, 0.25) is 0 Å². The number of methoxy groups -OCH3 is 2. The summed E-state index contributed by atoms with van der Waals surface area (Å²) in [5.74, 6) is -1.02. The Balaban J connectivity index is 2.16. The van der Waals surface area contributed by atoms with Crippen LogP contribution in [0.1, 0.15) is 36.0 Å². The van der Waals surface area contributed by atoms with Gasteiger partial charge in [-0.05, 0) is 37.8 Å². The molecule has 0 saturated heterocycles. The van der Waals surface area contributed by atoms with Crippen LogP contribution in [0.3, 0.4) is 0 Å². The molecule has 10 heteroatoms. The summed E-state index contributed by atoms with van der Waals surface area (Å²) in [6, 6.07) is 5.64. The van der Waals surface area contributed by atoms with E-state index in [1.54, 1.807) is 6.08 Å². The smallest absolute Gasteiger partial charge is 0.345 e. The van der Waals surface area contributed by atoms with Crippen LogP contribution in [0.2, 0.25) is 0 Å². The molecule has 0 aliphatic heterocycles. The Kier molecular flexibility index (Phi) is 10.2. The molecule has 31 heavy (non-hydrogen) atoms. The van der Waals surface area contributed by atoms with Gasteiger partial charge in [-0.25, -0.2) is 4.79 Å². The molecule has 1 aromatic carbocycles. The molecule has 1 aliphatic rings. The summed E-state index contributed by atoms with van der Waals surface area (Å²) < 4.78 is 26.6. The maximum Gasteiger partial charge on any atom is 0.345 e. The van der Waals surface area contributed by atoms with E-state index in [1.807, 2.05) is 0 Å². The molecule has 0 amide bonds. The summed E-state index contributed by atoms with van der Waals surface area (Å²) in [6.45, 7) is -0.137. The average Bonchev–Trinajstić information content (AvgIpc) is 2.77. The molecule has 3 unspecified atom stereocenters. The van der Waals surface area contributed by atoms with Crippen molar-refractivity contribution >= 4 is 17.4 Å². The van der Waals surface area contributed by atoms with E-state index in [1.165, 1.54) is 44.6 Å². The summed E-state index contributed by atoms with van der Waals surface area (Å²) in [7, 11) is 2.91. The Morgan fingerprint density at radius 3 is 2.52 bits per heavy atom. The fourth-order valence-corrected chi connectivity index (χ4v) is 3.20. The highest BCUT2D eigenvalue weighted by Crippen LogP contribution is 2.23. The normalized spacial score (nSPS) is 23.2. The third kappa shape index (κ3) is 7.51. The summed E-state index contributed by atoms with van der Waals surface area (Å²) in [6.07, 6.45) is 2.65. The number of allylic oxidation sites excluding steroid dienone is 1. The summed E-state index contributed by atoms with van der Waals surface area (Å²) in [5.41, 5.74) is -0.420. The number of ether oxygens (including phenoxy) is 5. The highest BCUT2D eigenvalue weighted by molar-refractivity contribution is 5.94. The second-order valence-corrected chi connectivity index (χ2v) is 6.87. The first-order valence-electron chi connectivity index (χ1n) is 9.83. The van der Waals surface area contributed by atoms with Gasteiger partial charge in [-0.15, -0.1) is 0 Å². The van der Waals surface area contributed by atoms with Crippen LogP contribution in [0.5, 0.6) is 0 Å². The second kappa shape index (κ2) is 12.9. The summed E-state index contributed by atoms with van der Waals surface area (Å²) >= 11 is 0. The molecule has 0 heterocycles. The number of hydrogen-bond donors (Lipinski definition) is 0. The van der Waals surface area contributed by atoms with Gasteiger partial charge in [0.05, 0.1) is 11.0 Å². The van der Waals surface area contributed by atoms with Gasteiger partial charge < -0.3 is 23.7 Å². The van der Waals surface area contributed by atoms with Gasteiger partial charge in [-0.3, -0.25) is 14.9 Å². The summed E-state index contributed by atoms with van der Waals surface area (Å²) in [5, 5.41) is 11.2. The van der Waals surface area contributed by atoms with Crippen LogP contribution in [0, 0.1) is 10.1 Å². The van der Waals surface area contributed by atoms with E-state index in [-0.39, 0.29) is 30.6 Å². The third-order valence-corrected chi connectivity index (χ3v) is 4.69. The zero-order valence-corrected chi connectivity index (χ0v) is 17.6. The molecule has 1 aromatic rings. The van der Waals surface area contributed by atoms with Crippen molar-refractivity contribution in [1.82, 2.24) is 0 Å². The fourth-order valence-electron chi connectivity index (χ4n) is 3.20. The number of nitrogens with zero attached hydrogens (tertiary/aromatic N) is 1. The Bertz CT molecular complexity index is 780. The lowest BCUT2D eigenvalue weighted by atomic mass is 9.97. The topological polar surface area (TPSA) is 123 Å². The van der Waals surface area contributed by atoms with Crippen molar-refractivity contribution < 1.29 is 38.2 Å². The highest BCUT2D eigenvalue weighted by atomic mass is 16.7. The molecule has 0 N–H and O–H groups in total. The van der Waals surface area contributed by atoms with Crippen LogP contribution >= 0.6 is 0 Å². The Labute approximate surface area is 180 Å². The number of esters is 1. The first-order valence-corrected chi connectivity index (χ1v) is 9.83. The van der Waals surface area contributed by atoms with Crippen LogP contribution in [-0.4, -0.2) is 62.8 Å². The lowest BCUT2D eigenvalue weighted by molar-refractivity contribution is -0.385. The van der Waals surface area contributed by atoms with Crippen LogP contribution in [0.15, 0.2) is 36.4 Å². The second-order valence-electron chi connectivity index (χ2n) is 6.87. The maximum atomic E-state index is 12.6. The van der Waals surface area contributed by atoms with E-state index in [2.05, 4.69) is 0 Å². The molecule has 1 aliphatic carbocycles. The number of carbonyl (C=O) groups is 2. The third-order valence-electron chi connectivity index (χ3n) is 4.69. The fraction of sp³-hybridized carbons (Fsp3) is 0.524. The van der Waals surface area contributed by atoms with Gasteiger partial charge in [-0.2, -0.15) is 0 Å². The Hall–Kier alpha value is -2.66. The number of para-hydroxylation sites is 1. The average molecular weight is 437 g/mol. The van der Waals surface area contributed by atoms with E-state index in [9.17, 15) is 19.7 Å². The lowest BCUT2D eigenvalue weighted by Gasteiger charge is -2.27. The molecular weight excluding hydrogens is 410 g/mol. The van der Waals surface area contributed by atoms with E-state index < -0.39 is 29.2 Å². The van der Waals surface area contributed by atoms with Gasteiger partial charge >= 0.3 is 5.97 Å². The molecule has 10 nitrogen and oxygen atoms in total. The SMILES string of the molecule is COCOC1CCC(OC(=O)c2ccccc2[N+](=O)[O-])CC/C=C\C(=O)C1OCOC. The first-order chi connectivity index (χ1) is 15.0. The number of rotatable bonds is 9. The number of hydrogen-bond acceptors (Lipinski definition) is 9. The van der Waals surface area contributed by atoms with Crippen molar-refractivity contribution in [3.8, 4) is 0 Å². The van der Waals surface area contributed by atoms with Gasteiger partial charge in [0, 0.05) is 20.3 Å². The van der Waals surface area contributed by atoms with E-state index in [0.717, 1.165) is 0 Å². The maximum absolute atomic E-state index is 12.6. The van der Waals surface area contributed by atoms with Crippen molar-refractivity contribution in [3.63, 3.8) is 0 Å². The van der Waals surface area contributed by atoms with Gasteiger partial charge in [0.25, 0.3) is 5.69 Å². The van der Waals surface area contributed by atoms with E-state index >= 15 is 0 Å². The molecule has 170 valence electrons. The molecule has 0 radical (unpaired) electrons. The molecular formula is C21H27NO9. The van der Waals surface area contributed by atoms with Gasteiger partial charge in [0.15, 0.2) is 5.78 Å². The van der Waals surface area contributed by atoms with Crippen LogP contribution in [0.4, 0.5) is 5.69 Å². The van der Waals surface area contributed by atoms with Crippen molar-refractivity contribution in [2.24, 2.45) is 0 Å². The van der Waals surface area contributed by atoms with Crippen molar-refractivity contribution in [1.29, 1.82) is 0 Å². The van der Waals surface area contributed by atoms with E-state index in [0.29, 0.717) is 25.7 Å². The molecule has 0 spiro atoms. The zero-order valence-electron chi connectivity index (χ0n) is 17.6. The molecule has 0 saturated carbocycles. The zero-order chi connectivity index (χ0) is 22.6. The lowest BCUT2D eigenvalue weighted by Crippen LogP contribution is -2.39. The number of benzene rings is 1. The summed E-state index contributed by atoms with van der Waals surface area (Å²) in [4.78, 5) is 35.7. The predicted molar refractivity (Wildman–Crippen MR) is 108 cm³/mol. The standard InChI is InChI=1S/C21H27NO9/c1-27-13-29-19-12-11-15(7-3-6-10-18(23)20(19)30-14-28-2)31-21(24)16-8-4-5-9-17(16)22(25)26/h4-6,8-10,15,19-20H,3,7,11-14H2,1-2H3/b10-6-. The quantitative estimate of drug-likeness (QED) is 0.248. The van der Waals surface area contributed by atoms with Crippen LogP contribution < -0.4 is 0 Å². The van der Waals surface area contributed by atoms with Crippen molar-refractivity contribution in [2.45, 2.75) is 44.0 Å². The molecule has 0 aromatic heterocycles. The number of ketones is 1. The minimum atomic E-state index is -0.906. The molecule has 0 fully saturated rings. The minimum Gasteiger partial charge on any atom is -0.459 e. The minimum absolute atomic E-state index is 0.0465. The van der Waals surface area contributed by atoms with Crippen molar-refractivity contribution in [3.05, 3.63) is 52.1 Å².